The van der Waals surface area contributed by atoms with E-state index in [0.717, 1.165) is 5.56 Å². The fraction of sp³-hybridized carbons (Fsp3) is 0.357. The van der Waals surface area contributed by atoms with Crippen molar-refractivity contribution >= 4 is 5.91 Å². The molecule has 2 heterocycles. The van der Waals surface area contributed by atoms with Gasteiger partial charge in [-0.3, -0.25) is 4.79 Å². The molecule has 0 saturated carbocycles. The maximum atomic E-state index is 12.2. The summed E-state index contributed by atoms with van der Waals surface area (Å²) in [7, 11) is 0. The Balaban J connectivity index is 1.72. The van der Waals surface area contributed by atoms with Gasteiger partial charge in [-0.05, 0) is 17.4 Å². The molecule has 0 N–H and O–H groups in total. The summed E-state index contributed by atoms with van der Waals surface area (Å²) in [6.45, 7) is 2.86. The number of carbonyl (C=O) groups is 1. The molecule has 1 aliphatic heterocycles. The van der Waals surface area contributed by atoms with Crippen molar-refractivity contribution in [2.24, 2.45) is 5.41 Å². The molecule has 1 saturated heterocycles. The fourth-order valence-corrected chi connectivity index (χ4v) is 2.38. The lowest BCUT2D eigenvalue weighted by atomic mass is 9.84. The smallest absolute Gasteiger partial charge is 0.244 e. The summed E-state index contributed by atoms with van der Waals surface area (Å²) in [6, 6.07) is 11.7. The number of carbonyl (C=O) groups excluding carboxylic acids is 1. The number of benzene rings is 1. The van der Waals surface area contributed by atoms with Crippen LogP contribution < -0.4 is 0 Å². The summed E-state index contributed by atoms with van der Waals surface area (Å²) in [4.78, 5) is 13.8. The zero-order valence-electron chi connectivity index (χ0n) is 11.6. The lowest BCUT2D eigenvalue weighted by Gasteiger charge is -2.43. The van der Waals surface area contributed by atoms with Crippen molar-refractivity contribution in [2.45, 2.75) is 13.5 Å². The van der Waals surface area contributed by atoms with Gasteiger partial charge in [0, 0.05) is 18.7 Å². The average Bonchev–Trinajstić information content (AvgIpc) is 2.93. The van der Waals surface area contributed by atoms with E-state index in [0.29, 0.717) is 18.9 Å². The second kappa shape index (κ2) is 4.98. The lowest BCUT2D eigenvalue weighted by molar-refractivity contribution is -0.140. The third-order valence-corrected chi connectivity index (χ3v) is 3.55. The normalized spacial score (nSPS) is 16.1. The van der Waals surface area contributed by atoms with Crippen LogP contribution in [0.5, 0.6) is 0 Å². The van der Waals surface area contributed by atoms with Gasteiger partial charge in [0.25, 0.3) is 0 Å². The van der Waals surface area contributed by atoms with Crippen LogP contribution in [-0.2, 0) is 11.3 Å². The van der Waals surface area contributed by atoms with Crippen molar-refractivity contribution in [3.8, 4) is 17.5 Å². The number of tetrazole rings is 1. The van der Waals surface area contributed by atoms with Crippen LogP contribution in [0.2, 0.25) is 0 Å². The molecule has 21 heavy (non-hydrogen) atoms. The monoisotopic (exact) mass is 282 g/mol. The molecule has 1 aromatic heterocycles. The second-order valence-electron chi connectivity index (χ2n) is 5.45. The van der Waals surface area contributed by atoms with Gasteiger partial charge in [0.15, 0.2) is 5.82 Å². The highest BCUT2D eigenvalue weighted by molar-refractivity contribution is 5.77. The Bertz CT molecular complexity index is 696. The quantitative estimate of drug-likeness (QED) is 0.827. The minimum atomic E-state index is -0.418. The average molecular weight is 282 g/mol. The number of likely N-dealkylation sites (tertiary alicyclic amines) is 1. The molecule has 0 unspecified atom stereocenters. The molecule has 7 heteroatoms. The van der Waals surface area contributed by atoms with E-state index in [2.05, 4.69) is 21.6 Å². The Morgan fingerprint density at radius 2 is 2.10 bits per heavy atom. The van der Waals surface area contributed by atoms with Crippen LogP contribution in [0.25, 0.3) is 11.4 Å². The second-order valence-corrected chi connectivity index (χ2v) is 5.45. The van der Waals surface area contributed by atoms with E-state index in [9.17, 15) is 4.79 Å². The first-order chi connectivity index (χ1) is 10.1. The van der Waals surface area contributed by atoms with Gasteiger partial charge in [0.1, 0.15) is 6.54 Å². The summed E-state index contributed by atoms with van der Waals surface area (Å²) in [5.41, 5.74) is 0.444. The first-order valence-corrected chi connectivity index (χ1v) is 6.62. The van der Waals surface area contributed by atoms with Gasteiger partial charge in [-0.25, -0.2) is 4.68 Å². The Labute approximate surface area is 121 Å². The maximum Gasteiger partial charge on any atom is 0.244 e. The highest BCUT2D eigenvalue weighted by Crippen LogP contribution is 2.28. The topological polar surface area (TPSA) is 87.7 Å². The minimum absolute atomic E-state index is 0.0767. The first-order valence-electron chi connectivity index (χ1n) is 6.62. The molecule has 0 bridgehead atoms. The van der Waals surface area contributed by atoms with Crippen molar-refractivity contribution in [1.82, 2.24) is 25.1 Å². The van der Waals surface area contributed by atoms with Gasteiger partial charge in [0.2, 0.25) is 5.91 Å². The summed E-state index contributed by atoms with van der Waals surface area (Å²) in [6.07, 6.45) is 0. The molecule has 0 atom stereocenters. The van der Waals surface area contributed by atoms with Crippen molar-refractivity contribution in [3.63, 3.8) is 0 Å². The largest absolute Gasteiger partial charge is 0.338 e. The number of aromatic nitrogens is 4. The minimum Gasteiger partial charge on any atom is -0.338 e. The Hall–Kier alpha value is -2.75. The third-order valence-electron chi connectivity index (χ3n) is 3.55. The van der Waals surface area contributed by atoms with Crippen LogP contribution in [0.3, 0.4) is 0 Å². The van der Waals surface area contributed by atoms with Crippen LogP contribution in [-0.4, -0.2) is 44.1 Å². The Morgan fingerprint density at radius 3 is 2.76 bits per heavy atom. The molecular formula is C14H14N6O. The Morgan fingerprint density at radius 1 is 1.38 bits per heavy atom. The molecule has 1 aromatic carbocycles. The van der Waals surface area contributed by atoms with Crippen LogP contribution in [0, 0.1) is 16.7 Å². The molecule has 1 aliphatic rings. The van der Waals surface area contributed by atoms with E-state index < -0.39 is 5.41 Å². The van der Waals surface area contributed by atoms with E-state index in [-0.39, 0.29) is 12.5 Å². The third kappa shape index (κ3) is 2.48. The molecule has 106 valence electrons. The van der Waals surface area contributed by atoms with E-state index in [1.807, 2.05) is 37.3 Å². The molecule has 2 aromatic rings. The highest BCUT2D eigenvalue weighted by Gasteiger charge is 2.41. The van der Waals surface area contributed by atoms with Gasteiger partial charge in [-0.1, -0.05) is 30.3 Å². The van der Waals surface area contributed by atoms with E-state index in [4.69, 9.17) is 5.26 Å². The van der Waals surface area contributed by atoms with Gasteiger partial charge in [-0.15, -0.1) is 5.10 Å². The van der Waals surface area contributed by atoms with Gasteiger partial charge in [0.05, 0.1) is 11.5 Å². The van der Waals surface area contributed by atoms with E-state index in [1.165, 1.54) is 4.68 Å². The van der Waals surface area contributed by atoms with E-state index >= 15 is 0 Å². The predicted molar refractivity (Wildman–Crippen MR) is 73.6 cm³/mol. The van der Waals surface area contributed by atoms with E-state index in [1.54, 1.807) is 4.90 Å². The van der Waals surface area contributed by atoms with Crippen molar-refractivity contribution < 1.29 is 4.79 Å². The summed E-state index contributed by atoms with van der Waals surface area (Å²) < 4.78 is 1.49. The van der Waals surface area contributed by atoms with Gasteiger partial charge >= 0.3 is 0 Å². The van der Waals surface area contributed by atoms with Crippen LogP contribution >= 0.6 is 0 Å². The zero-order chi connectivity index (χ0) is 14.9. The van der Waals surface area contributed by atoms with Crippen molar-refractivity contribution in [1.29, 1.82) is 5.26 Å². The molecule has 0 radical (unpaired) electrons. The van der Waals surface area contributed by atoms with Crippen LogP contribution in [0.4, 0.5) is 0 Å². The molecule has 1 fully saturated rings. The first kappa shape index (κ1) is 13.2. The number of hydrogen-bond donors (Lipinski definition) is 0. The predicted octanol–water partition coefficient (Wildman–Crippen LogP) is 0.712. The van der Waals surface area contributed by atoms with Gasteiger partial charge in [-0.2, -0.15) is 5.26 Å². The summed E-state index contributed by atoms with van der Waals surface area (Å²) in [5.74, 6) is 0.486. The molecule has 0 aliphatic carbocycles. The van der Waals surface area contributed by atoms with Crippen molar-refractivity contribution in [3.05, 3.63) is 30.3 Å². The summed E-state index contributed by atoms with van der Waals surface area (Å²) in [5, 5.41) is 20.4. The molecule has 1 amide bonds. The van der Waals surface area contributed by atoms with Gasteiger partial charge < -0.3 is 4.90 Å². The number of amides is 1. The fourth-order valence-electron chi connectivity index (χ4n) is 2.38. The number of nitrogens with zero attached hydrogens (tertiary/aromatic N) is 6. The SMILES string of the molecule is CC1(C#N)CN(C(=O)Cn2nnnc2-c2ccccc2)C1. The summed E-state index contributed by atoms with van der Waals surface area (Å²) >= 11 is 0. The number of hydrogen-bond acceptors (Lipinski definition) is 5. The number of rotatable bonds is 3. The number of nitriles is 1. The molecule has 7 nitrogen and oxygen atoms in total. The maximum absolute atomic E-state index is 12.2. The molecule has 0 spiro atoms. The zero-order valence-corrected chi connectivity index (χ0v) is 11.6. The molecular weight excluding hydrogens is 268 g/mol. The van der Waals surface area contributed by atoms with Crippen molar-refractivity contribution in [2.75, 3.05) is 13.1 Å². The standard InChI is InChI=1S/C14H14N6O/c1-14(8-15)9-19(10-14)12(21)7-20-13(16-17-18-20)11-5-3-2-4-6-11/h2-6H,7,9-10H2,1H3. The lowest BCUT2D eigenvalue weighted by Crippen LogP contribution is -2.57. The molecule has 3 rings (SSSR count). The highest BCUT2D eigenvalue weighted by atomic mass is 16.2. The van der Waals surface area contributed by atoms with Crippen LogP contribution in [0.15, 0.2) is 30.3 Å². The van der Waals surface area contributed by atoms with Crippen LogP contribution in [0.1, 0.15) is 6.92 Å². The Kier molecular flexibility index (Phi) is 3.14.